The summed E-state index contributed by atoms with van der Waals surface area (Å²) < 4.78 is 6.00. The Morgan fingerprint density at radius 2 is 1.87 bits per heavy atom. The fourth-order valence-corrected chi connectivity index (χ4v) is 4.15. The molecule has 1 fully saturated rings. The molecule has 3 atom stereocenters. The van der Waals surface area contributed by atoms with E-state index in [0.717, 1.165) is 24.8 Å². The summed E-state index contributed by atoms with van der Waals surface area (Å²) in [5.41, 5.74) is 0.314. The molecule has 0 spiro atoms. The van der Waals surface area contributed by atoms with Crippen molar-refractivity contribution < 1.29 is 9.53 Å². The maximum atomic E-state index is 12.9. The first-order chi connectivity index (χ1) is 10.8. The van der Waals surface area contributed by atoms with E-state index in [2.05, 4.69) is 53.7 Å². The molecular weight excluding hydrogens is 286 g/mol. The Balaban J connectivity index is 2.51. The summed E-state index contributed by atoms with van der Waals surface area (Å²) in [7, 11) is 0. The largest absolute Gasteiger partial charge is 0.436 e. The zero-order valence-electron chi connectivity index (χ0n) is 15.4. The number of amides is 1. The maximum Gasteiger partial charge on any atom is 0.411 e. The Labute approximate surface area is 141 Å². The number of ether oxygens (including phenoxy) is 1. The van der Waals surface area contributed by atoms with Gasteiger partial charge in [0.25, 0.3) is 0 Å². The van der Waals surface area contributed by atoms with Crippen molar-refractivity contribution in [2.45, 2.75) is 78.0 Å². The van der Waals surface area contributed by atoms with E-state index in [1.165, 1.54) is 0 Å². The molecule has 0 bridgehead atoms. The van der Waals surface area contributed by atoms with Gasteiger partial charge < -0.3 is 4.74 Å². The number of hydrogen-bond donors (Lipinski definition) is 0. The zero-order valence-corrected chi connectivity index (χ0v) is 15.4. The minimum Gasteiger partial charge on any atom is -0.436 e. The summed E-state index contributed by atoms with van der Waals surface area (Å²) in [6, 6.07) is 10.2. The summed E-state index contributed by atoms with van der Waals surface area (Å²) in [5, 5.41) is 0. The predicted octanol–water partition coefficient (Wildman–Crippen LogP) is 5.35. The van der Waals surface area contributed by atoms with E-state index in [4.69, 9.17) is 4.74 Å². The number of hydrogen-bond acceptors (Lipinski definition) is 2. The van der Waals surface area contributed by atoms with Crippen LogP contribution >= 0.6 is 0 Å². The maximum absolute atomic E-state index is 12.9. The molecule has 0 saturated carbocycles. The van der Waals surface area contributed by atoms with Gasteiger partial charge in [-0.25, -0.2) is 4.79 Å². The Bertz CT molecular complexity index is 542. The van der Waals surface area contributed by atoms with Gasteiger partial charge in [-0.05, 0) is 38.2 Å². The second kappa shape index (κ2) is 6.54. The normalized spacial score (nSPS) is 27.2. The van der Waals surface area contributed by atoms with Crippen LogP contribution in [0, 0.1) is 5.92 Å². The van der Waals surface area contributed by atoms with Crippen molar-refractivity contribution in [1.82, 2.24) is 4.90 Å². The average Bonchev–Trinajstić information content (AvgIpc) is 2.81. The molecule has 3 nitrogen and oxygen atoms in total. The van der Waals surface area contributed by atoms with Crippen LogP contribution in [0.25, 0.3) is 0 Å². The van der Waals surface area contributed by atoms with Crippen LogP contribution in [0.1, 0.15) is 66.4 Å². The van der Waals surface area contributed by atoms with Crippen molar-refractivity contribution >= 4 is 6.09 Å². The number of cyclic esters (lactones) is 1. The number of rotatable bonds is 6. The smallest absolute Gasteiger partial charge is 0.411 e. The van der Waals surface area contributed by atoms with Crippen molar-refractivity contribution in [3.8, 4) is 0 Å². The Morgan fingerprint density at radius 3 is 2.35 bits per heavy atom. The molecule has 0 N–H and O–H groups in total. The third-order valence-electron chi connectivity index (χ3n) is 5.45. The highest BCUT2D eigenvalue weighted by Crippen LogP contribution is 2.46. The zero-order chi connectivity index (χ0) is 17.3. The van der Waals surface area contributed by atoms with Crippen LogP contribution in [-0.2, 0) is 10.3 Å². The highest BCUT2D eigenvalue weighted by Gasteiger charge is 2.57. The molecule has 1 saturated heterocycles. The van der Waals surface area contributed by atoms with Gasteiger partial charge in [-0.15, -0.1) is 0 Å². The summed E-state index contributed by atoms with van der Waals surface area (Å²) in [6.45, 7) is 13.0. The quantitative estimate of drug-likeness (QED) is 0.708. The lowest BCUT2D eigenvalue weighted by atomic mass is 9.79. The summed E-state index contributed by atoms with van der Waals surface area (Å²) in [5.74, 6) is 0.314. The van der Waals surface area contributed by atoms with E-state index in [9.17, 15) is 4.79 Å². The molecule has 1 aromatic carbocycles. The number of carbonyl (C=O) groups is 1. The Kier molecular flexibility index (Phi) is 5.07. The van der Waals surface area contributed by atoms with Gasteiger partial charge in [0.1, 0.15) is 0 Å². The topological polar surface area (TPSA) is 29.5 Å². The van der Waals surface area contributed by atoms with Crippen LogP contribution in [0.4, 0.5) is 4.79 Å². The van der Waals surface area contributed by atoms with Gasteiger partial charge in [0.2, 0.25) is 0 Å². The van der Waals surface area contributed by atoms with Gasteiger partial charge in [0, 0.05) is 5.54 Å². The summed E-state index contributed by atoms with van der Waals surface area (Å²) in [4.78, 5) is 14.9. The monoisotopic (exact) mass is 317 g/mol. The van der Waals surface area contributed by atoms with Crippen molar-refractivity contribution in [3.05, 3.63) is 35.9 Å². The molecular formula is C20H31NO2. The molecule has 0 aromatic heterocycles. The van der Waals surface area contributed by atoms with Crippen LogP contribution in [0.15, 0.2) is 30.3 Å². The Hall–Kier alpha value is -1.51. The van der Waals surface area contributed by atoms with E-state index in [1.807, 2.05) is 23.1 Å². The first-order valence-corrected chi connectivity index (χ1v) is 8.88. The van der Waals surface area contributed by atoms with E-state index in [-0.39, 0.29) is 17.7 Å². The molecule has 1 amide bonds. The van der Waals surface area contributed by atoms with Gasteiger partial charge >= 0.3 is 6.09 Å². The minimum absolute atomic E-state index is 0.0360. The van der Waals surface area contributed by atoms with E-state index in [1.54, 1.807) is 0 Å². The minimum atomic E-state index is -0.601. The van der Waals surface area contributed by atoms with Crippen LogP contribution in [0.2, 0.25) is 0 Å². The standard InChI is InChI=1S/C20H31NO2/c1-7-14-19(5,8-2)21-17(15(3)4)20(6,23-18(21)22)16-12-10-9-11-13-16/h9-13,15,17H,7-8,14H2,1-6H3. The van der Waals surface area contributed by atoms with E-state index >= 15 is 0 Å². The second-order valence-corrected chi connectivity index (χ2v) is 7.50. The number of nitrogens with zero attached hydrogens (tertiary/aromatic N) is 1. The van der Waals surface area contributed by atoms with Crippen molar-refractivity contribution in [3.63, 3.8) is 0 Å². The van der Waals surface area contributed by atoms with Crippen molar-refractivity contribution in [1.29, 1.82) is 0 Å². The van der Waals surface area contributed by atoms with Gasteiger partial charge in [-0.1, -0.05) is 64.4 Å². The van der Waals surface area contributed by atoms with Gasteiger partial charge in [0.15, 0.2) is 5.60 Å². The van der Waals surface area contributed by atoms with Crippen LogP contribution in [-0.4, -0.2) is 22.6 Å². The van der Waals surface area contributed by atoms with Crippen molar-refractivity contribution in [2.24, 2.45) is 5.92 Å². The average molecular weight is 317 g/mol. The number of carbonyl (C=O) groups excluding carboxylic acids is 1. The van der Waals surface area contributed by atoms with E-state index < -0.39 is 5.60 Å². The van der Waals surface area contributed by atoms with Gasteiger partial charge in [-0.2, -0.15) is 0 Å². The van der Waals surface area contributed by atoms with Crippen LogP contribution < -0.4 is 0 Å². The lowest BCUT2D eigenvalue weighted by Crippen LogP contribution is -2.55. The molecule has 23 heavy (non-hydrogen) atoms. The molecule has 128 valence electrons. The molecule has 2 rings (SSSR count). The van der Waals surface area contributed by atoms with Gasteiger partial charge in [0.05, 0.1) is 6.04 Å². The number of benzene rings is 1. The molecule has 1 aromatic rings. The lowest BCUT2D eigenvalue weighted by molar-refractivity contribution is 0.0220. The van der Waals surface area contributed by atoms with Crippen LogP contribution in [0.5, 0.6) is 0 Å². The highest BCUT2D eigenvalue weighted by molar-refractivity contribution is 5.73. The first kappa shape index (κ1) is 17.8. The van der Waals surface area contributed by atoms with Crippen molar-refractivity contribution in [2.75, 3.05) is 0 Å². The summed E-state index contributed by atoms with van der Waals surface area (Å²) in [6.07, 6.45) is 2.81. The molecule has 0 radical (unpaired) electrons. The molecule has 3 heteroatoms. The molecule has 1 heterocycles. The molecule has 0 aliphatic carbocycles. The highest BCUT2D eigenvalue weighted by atomic mass is 16.6. The predicted molar refractivity (Wildman–Crippen MR) is 94.3 cm³/mol. The van der Waals surface area contributed by atoms with Gasteiger partial charge in [-0.3, -0.25) is 4.90 Å². The fraction of sp³-hybridized carbons (Fsp3) is 0.650. The SMILES string of the molecule is CCCC(C)(CC)N1C(=O)OC(C)(c2ccccc2)C1C(C)C. The second-order valence-electron chi connectivity index (χ2n) is 7.50. The Morgan fingerprint density at radius 1 is 1.26 bits per heavy atom. The van der Waals surface area contributed by atoms with E-state index in [0.29, 0.717) is 5.92 Å². The third-order valence-corrected chi connectivity index (χ3v) is 5.45. The molecule has 3 unspecified atom stereocenters. The third kappa shape index (κ3) is 2.98. The summed E-state index contributed by atoms with van der Waals surface area (Å²) >= 11 is 0. The molecule has 1 aliphatic rings. The molecule has 1 aliphatic heterocycles. The first-order valence-electron chi connectivity index (χ1n) is 8.88. The van der Waals surface area contributed by atoms with Crippen LogP contribution in [0.3, 0.4) is 0 Å². The lowest BCUT2D eigenvalue weighted by Gasteiger charge is -2.44. The fourth-order valence-electron chi connectivity index (χ4n) is 4.15.